The Hall–Kier alpha value is -2.04. The Morgan fingerprint density at radius 1 is 1.17 bits per heavy atom. The zero-order valence-electron chi connectivity index (χ0n) is 12.3. The summed E-state index contributed by atoms with van der Waals surface area (Å²) in [5, 5.41) is 0. The Bertz CT molecular complexity index is 680. The van der Waals surface area contributed by atoms with Crippen molar-refractivity contribution >= 4 is 28.6 Å². The van der Waals surface area contributed by atoms with Gasteiger partial charge in [-0.1, -0.05) is 30.3 Å². The van der Waals surface area contributed by atoms with Gasteiger partial charge >= 0.3 is 5.97 Å². The summed E-state index contributed by atoms with van der Waals surface area (Å²) < 4.78 is 12.1. The van der Waals surface area contributed by atoms with Crippen LogP contribution in [0.1, 0.15) is 18.1 Å². The van der Waals surface area contributed by atoms with Gasteiger partial charge in [0.25, 0.3) is 0 Å². The maximum atomic E-state index is 11.2. The second-order valence-electron chi connectivity index (χ2n) is 4.79. The van der Waals surface area contributed by atoms with Crippen molar-refractivity contribution in [3.8, 4) is 18.1 Å². The highest BCUT2D eigenvalue weighted by Gasteiger charge is 2.19. The van der Waals surface area contributed by atoms with Crippen LogP contribution in [0.2, 0.25) is 0 Å². The lowest BCUT2D eigenvalue weighted by Crippen LogP contribution is -2.30. The van der Waals surface area contributed by atoms with Crippen LogP contribution in [0.15, 0.2) is 54.6 Å². The number of halogens is 1. The summed E-state index contributed by atoms with van der Waals surface area (Å²) in [6, 6.07) is 17.3. The van der Waals surface area contributed by atoms with E-state index >= 15 is 0 Å². The number of nitrogens with two attached hydrogens (primary N) is 1. The highest BCUT2D eigenvalue weighted by molar-refractivity contribution is 14.1. The van der Waals surface area contributed by atoms with E-state index in [1.165, 1.54) is 0 Å². The minimum Gasteiger partial charge on any atom is -0.486 e. The third-order valence-electron chi connectivity index (χ3n) is 3.09. The number of hydrogen-bond acceptors (Lipinski definition) is 4. The molecule has 0 aliphatic rings. The fourth-order valence-electron chi connectivity index (χ4n) is 2.03. The molecular weight excluding hydrogens is 405 g/mol. The molecule has 0 fully saturated rings. The molecule has 2 N–H and O–H groups in total. The number of hydrogen-bond donors (Lipinski definition) is 1. The molecule has 2 rings (SSSR count). The van der Waals surface area contributed by atoms with Gasteiger partial charge in [0.1, 0.15) is 11.9 Å². The molecule has 0 saturated carbocycles. The minimum absolute atomic E-state index is 0.295. The van der Waals surface area contributed by atoms with Crippen LogP contribution >= 0.6 is 22.6 Å². The Morgan fingerprint density at radius 2 is 1.83 bits per heavy atom. The smallest absolute Gasteiger partial charge is 0.385 e. The van der Waals surface area contributed by atoms with Crippen molar-refractivity contribution in [3.05, 3.63) is 63.7 Å². The van der Waals surface area contributed by atoms with Gasteiger partial charge in [0.15, 0.2) is 6.23 Å². The SMILES string of the molecule is C#CC(=O)OC(N)CC(Oc1ccc(I)cc1)c1ccccc1. The van der Waals surface area contributed by atoms with Gasteiger partial charge in [0, 0.05) is 15.9 Å². The predicted octanol–water partition coefficient (Wildman–Crippen LogP) is 3.26. The fourth-order valence-corrected chi connectivity index (χ4v) is 2.39. The second-order valence-corrected chi connectivity index (χ2v) is 6.04. The number of carbonyl (C=O) groups is 1. The standard InChI is InChI=1S/C18H16INO3/c1-2-18(21)23-17(20)12-16(13-6-4-3-5-7-13)22-15-10-8-14(19)9-11-15/h1,3-11,16-17H,12,20H2. The molecule has 5 heteroatoms. The van der Waals surface area contributed by atoms with Crippen LogP contribution in [-0.4, -0.2) is 12.2 Å². The first-order chi connectivity index (χ1) is 11.1. The molecule has 4 nitrogen and oxygen atoms in total. The molecule has 0 heterocycles. The molecule has 0 spiro atoms. The van der Waals surface area contributed by atoms with Crippen molar-refractivity contribution < 1.29 is 14.3 Å². The number of carbonyl (C=O) groups excluding carboxylic acids is 1. The van der Waals surface area contributed by atoms with Gasteiger partial charge in [-0.2, -0.15) is 0 Å². The molecular formula is C18H16INO3. The average Bonchev–Trinajstić information content (AvgIpc) is 2.57. The van der Waals surface area contributed by atoms with Crippen LogP contribution in [0.4, 0.5) is 0 Å². The van der Waals surface area contributed by atoms with Gasteiger partial charge in [0.05, 0.1) is 0 Å². The Kier molecular flexibility index (Phi) is 6.44. The molecule has 2 unspecified atom stereocenters. The molecule has 2 atom stereocenters. The van der Waals surface area contributed by atoms with Crippen LogP contribution in [-0.2, 0) is 9.53 Å². The molecule has 0 aliphatic heterocycles. The number of terminal acetylenes is 1. The van der Waals surface area contributed by atoms with Gasteiger partial charge in [-0.15, -0.1) is 6.42 Å². The van der Waals surface area contributed by atoms with E-state index in [2.05, 4.69) is 22.6 Å². The topological polar surface area (TPSA) is 61.5 Å². The van der Waals surface area contributed by atoms with Gasteiger partial charge in [-0.25, -0.2) is 4.79 Å². The molecule has 0 amide bonds. The van der Waals surface area contributed by atoms with Crippen molar-refractivity contribution in [1.29, 1.82) is 0 Å². The highest BCUT2D eigenvalue weighted by Crippen LogP contribution is 2.26. The third-order valence-corrected chi connectivity index (χ3v) is 3.81. The van der Waals surface area contributed by atoms with Gasteiger partial charge < -0.3 is 9.47 Å². The normalized spacial score (nSPS) is 12.7. The number of benzene rings is 2. The molecule has 0 aliphatic carbocycles. The van der Waals surface area contributed by atoms with Gasteiger partial charge in [-0.3, -0.25) is 5.73 Å². The van der Waals surface area contributed by atoms with Crippen molar-refractivity contribution in [2.24, 2.45) is 5.73 Å². The zero-order valence-corrected chi connectivity index (χ0v) is 14.5. The Balaban J connectivity index is 2.14. The maximum absolute atomic E-state index is 11.2. The summed E-state index contributed by atoms with van der Waals surface area (Å²) in [4.78, 5) is 11.2. The summed E-state index contributed by atoms with van der Waals surface area (Å²) >= 11 is 2.23. The summed E-state index contributed by atoms with van der Waals surface area (Å²) in [5.74, 6) is 1.82. The molecule has 0 saturated heterocycles. The molecule has 0 aromatic heterocycles. The van der Waals surface area contributed by atoms with E-state index in [1.807, 2.05) is 60.5 Å². The van der Waals surface area contributed by atoms with Crippen molar-refractivity contribution in [2.75, 3.05) is 0 Å². The first-order valence-electron chi connectivity index (χ1n) is 6.98. The third kappa shape index (κ3) is 5.58. The molecule has 2 aromatic carbocycles. The van der Waals surface area contributed by atoms with Crippen LogP contribution in [0.3, 0.4) is 0 Å². The average molecular weight is 421 g/mol. The zero-order chi connectivity index (χ0) is 16.7. The first kappa shape index (κ1) is 17.3. The quantitative estimate of drug-likeness (QED) is 0.256. The van der Waals surface area contributed by atoms with Gasteiger partial charge in [-0.05, 0) is 52.4 Å². The predicted molar refractivity (Wildman–Crippen MR) is 96.5 cm³/mol. The number of rotatable bonds is 6. The van der Waals surface area contributed by atoms with Crippen LogP contribution in [0, 0.1) is 15.9 Å². The van der Waals surface area contributed by atoms with E-state index in [0.717, 1.165) is 14.9 Å². The Labute approximate surface area is 149 Å². The van der Waals surface area contributed by atoms with Crippen LogP contribution in [0.5, 0.6) is 5.75 Å². The lowest BCUT2D eigenvalue weighted by atomic mass is 10.1. The van der Waals surface area contributed by atoms with E-state index in [4.69, 9.17) is 21.6 Å². The van der Waals surface area contributed by atoms with Crippen molar-refractivity contribution in [1.82, 2.24) is 0 Å². The molecule has 0 bridgehead atoms. The number of esters is 1. The van der Waals surface area contributed by atoms with E-state index in [0.29, 0.717) is 6.42 Å². The molecule has 2 aromatic rings. The lowest BCUT2D eigenvalue weighted by Gasteiger charge is -2.22. The summed E-state index contributed by atoms with van der Waals surface area (Å²) in [5.41, 5.74) is 6.79. The van der Waals surface area contributed by atoms with Crippen molar-refractivity contribution in [3.63, 3.8) is 0 Å². The van der Waals surface area contributed by atoms with E-state index in [1.54, 1.807) is 0 Å². The molecule has 23 heavy (non-hydrogen) atoms. The molecule has 118 valence electrons. The van der Waals surface area contributed by atoms with Gasteiger partial charge in [0.2, 0.25) is 0 Å². The first-order valence-corrected chi connectivity index (χ1v) is 8.06. The minimum atomic E-state index is -0.840. The fraction of sp³-hybridized carbons (Fsp3) is 0.167. The van der Waals surface area contributed by atoms with Crippen LogP contribution in [0.25, 0.3) is 0 Å². The van der Waals surface area contributed by atoms with Crippen LogP contribution < -0.4 is 10.5 Å². The monoisotopic (exact) mass is 421 g/mol. The highest BCUT2D eigenvalue weighted by atomic mass is 127. The van der Waals surface area contributed by atoms with E-state index in [9.17, 15) is 4.79 Å². The van der Waals surface area contributed by atoms with E-state index in [-0.39, 0.29) is 6.10 Å². The van der Waals surface area contributed by atoms with E-state index < -0.39 is 12.2 Å². The Morgan fingerprint density at radius 3 is 2.43 bits per heavy atom. The maximum Gasteiger partial charge on any atom is 0.385 e. The lowest BCUT2D eigenvalue weighted by molar-refractivity contribution is -0.142. The molecule has 0 radical (unpaired) electrons. The largest absolute Gasteiger partial charge is 0.486 e. The summed E-state index contributed by atoms with van der Waals surface area (Å²) in [6.07, 6.45) is 4.09. The van der Waals surface area contributed by atoms with Crippen molar-refractivity contribution in [2.45, 2.75) is 18.8 Å². The second kappa shape index (κ2) is 8.56. The number of ether oxygens (including phenoxy) is 2. The summed E-state index contributed by atoms with van der Waals surface area (Å²) in [6.45, 7) is 0. The summed E-state index contributed by atoms with van der Waals surface area (Å²) in [7, 11) is 0.